The topological polar surface area (TPSA) is 66.5 Å². The number of aryl methyl sites for hydroxylation is 2. The van der Waals surface area contributed by atoms with Gasteiger partial charge in [0, 0.05) is 19.0 Å². The van der Waals surface area contributed by atoms with Gasteiger partial charge in [-0.1, -0.05) is 19.9 Å². The lowest BCUT2D eigenvalue weighted by Crippen LogP contribution is -2.37. The molecular weight excluding hydrogens is 324 g/mol. The lowest BCUT2D eigenvalue weighted by Gasteiger charge is -2.23. The number of sulfonamides is 1. The van der Waals surface area contributed by atoms with Crippen molar-refractivity contribution in [3.63, 3.8) is 0 Å². The molecule has 0 bridgehead atoms. The van der Waals surface area contributed by atoms with E-state index in [0.29, 0.717) is 31.0 Å². The third kappa shape index (κ3) is 6.51. The molecule has 0 fully saturated rings. The van der Waals surface area contributed by atoms with E-state index in [0.717, 1.165) is 11.1 Å². The quantitative estimate of drug-likeness (QED) is 0.780. The van der Waals surface area contributed by atoms with Gasteiger partial charge in [0.2, 0.25) is 15.9 Å². The van der Waals surface area contributed by atoms with Crippen LogP contribution >= 0.6 is 0 Å². The fraction of sp³-hybridized carbons (Fsp3) is 0.611. The van der Waals surface area contributed by atoms with Gasteiger partial charge in [0.15, 0.2) is 0 Å². The molecule has 0 aliphatic carbocycles. The van der Waals surface area contributed by atoms with Crippen LogP contribution in [0, 0.1) is 19.8 Å². The molecule has 1 rings (SSSR count). The first-order chi connectivity index (χ1) is 11.0. The van der Waals surface area contributed by atoms with Gasteiger partial charge in [0.1, 0.15) is 0 Å². The summed E-state index contributed by atoms with van der Waals surface area (Å²) < 4.78 is 25.6. The minimum absolute atomic E-state index is 0.0370. The van der Waals surface area contributed by atoms with Gasteiger partial charge in [-0.05, 0) is 56.4 Å². The zero-order chi connectivity index (χ0) is 18.5. The number of carbonyl (C=O) groups excluding carboxylic acids is 1. The van der Waals surface area contributed by atoms with Gasteiger partial charge in [-0.2, -0.15) is 0 Å². The molecule has 1 aromatic rings. The highest BCUT2D eigenvalue weighted by Gasteiger charge is 2.18. The molecule has 6 heteroatoms. The van der Waals surface area contributed by atoms with E-state index in [1.807, 2.05) is 39.0 Å². The number of benzene rings is 1. The molecule has 0 spiro atoms. The van der Waals surface area contributed by atoms with E-state index >= 15 is 0 Å². The summed E-state index contributed by atoms with van der Waals surface area (Å²) >= 11 is 0. The second-order valence-corrected chi connectivity index (χ2v) is 8.79. The van der Waals surface area contributed by atoms with Gasteiger partial charge in [0.25, 0.3) is 0 Å². The Labute approximate surface area is 146 Å². The Morgan fingerprint density at radius 1 is 1.12 bits per heavy atom. The molecule has 0 saturated carbocycles. The Morgan fingerprint density at radius 3 is 2.12 bits per heavy atom. The number of amides is 1. The molecule has 1 amide bonds. The minimum atomic E-state index is -3.38. The predicted molar refractivity (Wildman–Crippen MR) is 99.8 cm³/mol. The number of nitrogens with one attached hydrogen (secondary N) is 1. The number of nitrogens with zero attached hydrogens (tertiary/aromatic N) is 1. The summed E-state index contributed by atoms with van der Waals surface area (Å²) in [6.07, 6.45) is 2.00. The summed E-state index contributed by atoms with van der Waals surface area (Å²) in [5.41, 5.74) is 2.69. The van der Waals surface area contributed by atoms with E-state index in [9.17, 15) is 13.2 Å². The number of rotatable bonds is 8. The molecule has 5 nitrogen and oxygen atoms in total. The van der Waals surface area contributed by atoms with Crippen molar-refractivity contribution >= 4 is 21.6 Å². The molecule has 1 N–H and O–H groups in total. The van der Waals surface area contributed by atoms with Crippen LogP contribution in [0.5, 0.6) is 0 Å². The largest absolute Gasteiger partial charge is 0.353 e. The van der Waals surface area contributed by atoms with Crippen molar-refractivity contribution in [2.24, 2.45) is 5.92 Å². The fourth-order valence-corrected chi connectivity index (χ4v) is 3.41. The van der Waals surface area contributed by atoms with Crippen LogP contribution in [0.1, 0.15) is 44.7 Å². The van der Waals surface area contributed by atoms with E-state index in [4.69, 9.17) is 0 Å². The first-order valence-corrected chi connectivity index (χ1v) is 10.2. The normalized spacial score (nSPS) is 13.0. The Kier molecular flexibility index (Phi) is 7.27. The van der Waals surface area contributed by atoms with Gasteiger partial charge in [0.05, 0.1) is 11.9 Å². The van der Waals surface area contributed by atoms with Crippen LogP contribution in [0.25, 0.3) is 0 Å². The molecule has 0 aliphatic rings. The second kappa shape index (κ2) is 8.51. The molecule has 1 atom stereocenters. The Morgan fingerprint density at radius 2 is 1.67 bits per heavy atom. The molecule has 0 saturated heterocycles. The average Bonchev–Trinajstić information content (AvgIpc) is 2.40. The minimum Gasteiger partial charge on any atom is -0.353 e. The summed E-state index contributed by atoms with van der Waals surface area (Å²) in [5.74, 6) is 0.335. The van der Waals surface area contributed by atoms with Crippen LogP contribution in [-0.4, -0.2) is 33.2 Å². The summed E-state index contributed by atoms with van der Waals surface area (Å²) in [7, 11) is -3.38. The van der Waals surface area contributed by atoms with Crippen molar-refractivity contribution < 1.29 is 13.2 Å². The van der Waals surface area contributed by atoms with E-state index in [1.165, 1.54) is 10.6 Å². The first-order valence-electron chi connectivity index (χ1n) is 8.36. The van der Waals surface area contributed by atoms with Gasteiger partial charge in [-0.15, -0.1) is 0 Å². The summed E-state index contributed by atoms with van der Waals surface area (Å²) in [6.45, 7) is 10.3. The Bertz CT molecular complexity index is 649. The van der Waals surface area contributed by atoms with E-state index in [1.54, 1.807) is 0 Å². The van der Waals surface area contributed by atoms with Gasteiger partial charge < -0.3 is 5.32 Å². The van der Waals surface area contributed by atoms with Gasteiger partial charge in [-0.3, -0.25) is 9.10 Å². The molecular formula is C18H30N2O3S. The van der Waals surface area contributed by atoms with Gasteiger partial charge >= 0.3 is 0 Å². The van der Waals surface area contributed by atoms with Crippen molar-refractivity contribution in [1.29, 1.82) is 0 Å². The van der Waals surface area contributed by atoms with E-state index in [2.05, 4.69) is 19.2 Å². The predicted octanol–water partition coefficient (Wildman–Crippen LogP) is 3.01. The van der Waals surface area contributed by atoms with E-state index < -0.39 is 10.0 Å². The fourth-order valence-electron chi connectivity index (χ4n) is 2.46. The zero-order valence-electron chi connectivity index (χ0n) is 15.6. The molecule has 0 heterocycles. The standard InChI is InChI=1S/C18H30N2O3S/c1-13(2)16(5)19-18(21)8-7-9-20(24(6,22)23)17-11-14(3)10-15(4)12-17/h10-13,16H,7-9H2,1-6H3,(H,19,21). The van der Waals surface area contributed by atoms with Crippen LogP contribution in [0.3, 0.4) is 0 Å². The highest BCUT2D eigenvalue weighted by atomic mass is 32.2. The maximum atomic E-state index is 12.1. The highest BCUT2D eigenvalue weighted by Crippen LogP contribution is 2.21. The van der Waals surface area contributed by atoms with Crippen LogP contribution in [0.4, 0.5) is 5.69 Å². The van der Waals surface area contributed by atoms with Crippen molar-refractivity contribution in [2.45, 2.75) is 53.5 Å². The van der Waals surface area contributed by atoms with Crippen LogP contribution in [0.15, 0.2) is 18.2 Å². The highest BCUT2D eigenvalue weighted by molar-refractivity contribution is 7.92. The van der Waals surface area contributed by atoms with Crippen LogP contribution < -0.4 is 9.62 Å². The summed E-state index contributed by atoms with van der Waals surface area (Å²) in [4.78, 5) is 12.0. The average molecular weight is 355 g/mol. The molecule has 24 heavy (non-hydrogen) atoms. The molecule has 0 radical (unpaired) electrons. The van der Waals surface area contributed by atoms with Crippen molar-refractivity contribution in [3.8, 4) is 0 Å². The monoisotopic (exact) mass is 354 g/mol. The molecule has 0 aliphatic heterocycles. The smallest absolute Gasteiger partial charge is 0.232 e. The molecule has 1 unspecified atom stereocenters. The maximum Gasteiger partial charge on any atom is 0.232 e. The summed E-state index contributed by atoms with van der Waals surface area (Å²) in [6, 6.07) is 5.83. The third-order valence-electron chi connectivity index (χ3n) is 4.05. The SMILES string of the molecule is Cc1cc(C)cc(N(CCCC(=O)NC(C)C(C)C)S(C)(=O)=O)c1. The number of anilines is 1. The van der Waals surface area contributed by atoms with Crippen molar-refractivity contribution in [1.82, 2.24) is 5.32 Å². The molecule has 0 aromatic heterocycles. The van der Waals surface area contributed by atoms with Gasteiger partial charge in [-0.25, -0.2) is 8.42 Å². The Hall–Kier alpha value is -1.56. The second-order valence-electron chi connectivity index (χ2n) is 6.88. The number of hydrogen-bond acceptors (Lipinski definition) is 3. The molecule has 1 aromatic carbocycles. The van der Waals surface area contributed by atoms with E-state index in [-0.39, 0.29) is 11.9 Å². The summed E-state index contributed by atoms with van der Waals surface area (Å²) in [5, 5.41) is 2.94. The van der Waals surface area contributed by atoms with Crippen LogP contribution in [-0.2, 0) is 14.8 Å². The lowest BCUT2D eigenvalue weighted by atomic mass is 10.1. The zero-order valence-corrected chi connectivity index (χ0v) is 16.4. The third-order valence-corrected chi connectivity index (χ3v) is 5.24. The van der Waals surface area contributed by atoms with Crippen molar-refractivity contribution in [2.75, 3.05) is 17.1 Å². The lowest BCUT2D eigenvalue weighted by molar-refractivity contribution is -0.122. The maximum absolute atomic E-state index is 12.1. The first kappa shape index (κ1) is 20.5. The van der Waals surface area contributed by atoms with Crippen molar-refractivity contribution in [3.05, 3.63) is 29.3 Å². The Balaban J connectivity index is 2.74. The number of carbonyl (C=O) groups is 1. The molecule has 136 valence electrons. The number of hydrogen-bond donors (Lipinski definition) is 1. The van der Waals surface area contributed by atoms with Crippen LogP contribution in [0.2, 0.25) is 0 Å².